The van der Waals surface area contributed by atoms with Crippen molar-refractivity contribution in [2.75, 3.05) is 6.54 Å². The molecular weight excluding hydrogens is 302 g/mol. The molecule has 0 N–H and O–H groups in total. The summed E-state index contributed by atoms with van der Waals surface area (Å²) in [4.78, 5) is 11.4. The van der Waals surface area contributed by atoms with Gasteiger partial charge in [0, 0.05) is 11.5 Å². The maximum atomic E-state index is 5.99. The third kappa shape index (κ3) is 3.86. The Morgan fingerprint density at radius 2 is 2.04 bits per heavy atom. The molecule has 6 heteroatoms. The fourth-order valence-electron chi connectivity index (χ4n) is 3.31. The van der Waals surface area contributed by atoms with Crippen molar-refractivity contribution in [2.24, 2.45) is 0 Å². The van der Waals surface area contributed by atoms with E-state index in [1.807, 2.05) is 24.7 Å². The Morgan fingerprint density at radius 3 is 2.67 bits per heavy atom. The highest BCUT2D eigenvalue weighted by Gasteiger charge is 2.26. The van der Waals surface area contributed by atoms with Gasteiger partial charge >= 0.3 is 0 Å². The maximum absolute atomic E-state index is 5.99. The first kappa shape index (κ1) is 17.1. The largest absolute Gasteiger partial charge is 0.444 e. The second-order valence-corrected chi connectivity index (χ2v) is 7.88. The lowest BCUT2D eigenvalue weighted by Crippen LogP contribution is -2.42. The van der Waals surface area contributed by atoms with E-state index in [1.165, 1.54) is 19.3 Å². The molecule has 0 aromatic carbocycles. The van der Waals surface area contributed by atoms with Gasteiger partial charge in [-0.05, 0) is 33.2 Å². The first-order valence-electron chi connectivity index (χ1n) is 8.90. The Bertz CT molecular complexity index is 682. The summed E-state index contributed by atoms with van der Waals surface area (Å²) >= 11 is 0. The Balaban J connectivity index is 1.70. The Hall–Kier alpha value is -1.69. The molecule has 0 saturated carbocycles. The van der Waals surface area contributed by atoms with Crippen LogP contribution in [0.2, 0.25) is 0 Å². The predicted molar refractivity (Wildman–Crippen MR) is 92.7 cm³/mol. The summed E-state index contributed by atoms with van der Waals surface area (Å²) in [6, 6.07) is 0.462. The SMILES string of the molecule is Cc1nc(C)n(C[C@@H]2CCCCN2Cc2ncc(C(C)(C)C)o2)n1. The van der Waals surface area contributed by atoms with Crippen LogP contribution in [0.25, 0.3) is 0 Å². The van der Waals surface area contributed by atoms with Crippen LogP contribution in [0.3, 0.4) is 0 Å². The van der Waals surface area contributed by atoms with Crippen LogP contribution in [0.1, 0.15) is 63.3 Å². The minimum atomic E-state index is 0.00190. The number of likely N-dealkylation sites (tertiary alicyclic amines) is 1. The second kappa shape index (κ2) is 6.67. The quantitative estimate of drug-likeness (QED) is 0.861. The monoisotopic (exact) mass is 331 g/mol. The van der Waals surface area contributed by atoms with Crippen LogP contribution in [0.15, 0.2) is 10.6 Å². The molecular formula is C18H29N5O. The average Bonchev–Trinajstić information content (AvgIpc) is 3.08. The number of aryl methyl sites for hydroxylation is 2. The molecule has 1 saturated heterocycles. The number of hydrogen-bond acceptors (Lipinski definition) is 5. The Kier molecular flexibility index (Phi) is 4.76. The third-order valence-corrected chi connectivity index (χ3v) is 4.73. The van der Waals surface area contributed by atoms with Crippen molar-refractivity contribution < 1.29 is 4.42 Å². The summed E-state index contributed by atoms with van der Waals surface area (Å²) in [6.07, 6.45) is 5.57. The topological polar surface area (TPSA) is 60.0 Å². The maximum Gasteiger partial charge on any atom is 0.208 e. The molecule has 0 spiro atoms. The van der Waals surface area contributed by atoms with Crippen LogP contribution >= 0.6 is 0 Å². The van der Waals surface area contributed by atoms with Gasteiger partial charge in [0.15, 0.2) is 0 Å². The molecule has 0 radical (unpaired) electrons. The second-order valence-electron chi connectivity index (χ2n) is 7.88. The van der Waals surface area contributed by atoms with Crippen molar-refractivity contribution in [3.8, 4) is 0 Å². The van der Waals surface area contributed by atoms with E-state index in [0.717, 1.165) is 42.9 Å². The van der Waals surface area contributed by atoms with Crippen molar-refractivity contribution in [3.63, 3.8) is 0 Å². The Labute approximate surface area is 144 Å². The van der Waals surface area contributed by atoms with E-state index in [1.54, 1.807) is 0 Å². The number of aromatic nitrogens is 4. The molecule has 1 aliphatic rings. The van der Waals surface area contributed by atoms with Gasteiger partial charge < -0.3 is 4.42 Å². The molecule has 3 heterocycles. The summed E-state index contributed by atoms with van der Waals surface area (Å²) in [5, 5.41) is 4.52. The lowest BCUT2D eigenvalue weighted by atomic mass is 9.94. The van der Waals surface area contributed by atoms with Crippen LogP contribution in [0, 0.1) is 13.8 Å². The van der Waals surface area contributed by atoms with Crippen LogP contribution in [-0.2, 0) is 18.5 Å². The summed E-state index contributed by atoms with van der Waals surface area (Å²) in [5.41, 5.74) is 0.00190. The van der Waals surface area contributed by atoms with Gasteiger partial charge in [-0.25, -0.2) is 14.6 Å². The lowest BCUT2D eigenvalue weighted by molar-refractivity contribution is 0.109. The summed E-state index contributed by atoms with van der Waals surface area (Å²) in [5.74, 6) is 3.61. The molecule has 24 heavy (non-hydrogen) atoms. The zero-order valence-corrected chi connectivity index (χ0v) is 15.5. The van der Waals surface area contributed by atoms with Crippen molar-refractivity contribution in [1.82, 2.24) is 24.6 Å². The zero-order valence-electron chi connectivity index (χ0n) is 15.5. The average molecular weight is 331 g/mol. The van der Waals surface area contributed by atoms with E-state index in [2.05, 4.69) is 40.7 Å². The van der Waals surface area contributed by atoms with Crippen LogP contribution in [0.4, 0.5) is 0 Å². The molecule has 1 aliphatic heterocycles. The van der Waals surface area contributed by atoms with Gasteiger partial charge in [0.05, 0.1) is 19.3 Å². The molecule has 0 aliphatic carbocycles. The molecule has 2 aromatic rings. The van der Waals surface area contributed by atoms with Gasteiger partial charge in [0.1, 0.15) is 17.4 Å². The molecule has 0 bridgehead atoms. The van der Waals surface area contributed by atoms with Gasteiger partial charge in [-0.3, -0.25) is 4.90 Å². The van der Waals surface area contributed by atoms with Crippen LogP contribution in [-0.4, -0.2) is 37.2 Å². The van der Waals surface area contributed by atoms with E-state index in [9.17, 15) is 0 Å². The smallest absolute Gasteiger partial charge is 0.208 e. The highest BCUT2D eigenvalue weighted by atomic mass is 16.4. The number of nitrogens with zero attached hydrogens (tertiary/aromatic N) is 5. The lowest BCUT2D eigenvalue weighted by Gasteiger charge is -2.34. The predicted octanol–water partition coefficient (Wildman–Crippen LogP) is 3.24. The standard InChI is InChI=1S/C18H29N5O/c1-13-20-14(2)23(21-13)11-15-8-6-7-9-22(15)12-17-19-10-16(24-17)18(3,4)5/h10,15H,6-9,11-12H2,1-5H3/t15-/m0/s1. The molecule has 3 rings (SSSR count). The fraction of sp³-hybridized carbons (Fsp3) is 0.722. The number of piperidine rings is 1. The van der Waals surface area contributed by atoms with Gasteiger partial charge in [0.25, 0.3) is 0 Å². The van der Waals surface area contributed by atoms with Gasteiger partial charge in [-0.2, -0.15) is 5.10 Å². The fourth-order valence-corrected chi connectivity index (χ4v) is 3.31. The van der Waals surface area contributed by atoms with Crippen molar-refractivity contribution in [3.05, 3.63) is 29.5 Å². The minimum absolute atomic E-state index is 0.00190. The minimum Gasteiger partial charge on any atom is -0.444 e. The molecule has 6 nitrogen and oxygen atoms in total. The first-order chi connectivity index (χ1) is 11.3. The summed E-state index contributed by atoms with van der Waals surface area (Å²) in [7, 11) is 0. The molecule has 1 atom stereocenters. The molecule has 2 aromatic heterocycles. The number of rotatable bonds is 4. The van der Waals surface area contributed by atoms with E-state index in [-0.39, 0.29) is 5.41 Å². The van der Waals surface area contributed by atoms with Gasteiger partial charge in [-0.1, -0.05) is 27.2 Å². The van der Waals surface area contributed by atoms with Gasteiger partial charge in [0.2, 0.25) is 5.89 Å². The zero-order chi connectivity index (χ0) is 17.3. The number of oxazole rings is 1. The van der Waals surface area contributed by atoms with Crippen LogP contribution in [0.5, 0.6) is 0 Å². The van der Waals surface area contributed by atoms with E-state index in [0.29, 0.717) is 6.04 Å². The molecule has 132 valence electrons. The highest BCUT2D eigenvalue weighted by molar-refractivity contribution is 5.06. The normalized spacial score (nSPS) is 19.8. The summed E-state index contributed by atoms with van der Waals surface area (Å²) < 4.78 is 8.03. The van der Waals surface area contributed by atoms with Gasteiger partial charge in [-0.15, -0.1) is 0 Å². The molecule has 1 fully saturated rings. The first-order valence-corrected chi connectivity index (χ1v) is 8.90. The Morgan fingerprint density at radius 1 is 1.25 bits per heavy atom. The van der Waals surface area contributed by atoms with E-state index >= 15 is 0 Å². The summed E-state index contributed by atoms with van der Waals surface area (Å²) in [6.45, 7) is 13.2. The van der Waals surface area contributed by atoms with E-state index in [4.69, 9.17) is 4.42 Å². The third-order valence-electron chi connectivity index (χ3n) is 4.73. The van der Waals surface area contributed by atoms with Crippen molar-refractivity contribution in [1.29, 1.82) is 0 Å². The van der Waals surface area contributed by atoms with Crippen molar-refractivity contribution in [2.45, 2.75) is 78.4 Å². The highest BCUT2D eigenvalue weighted by Crippen LogP contribution is 2.25. The molecule has 0 amide bonds. The molecule has 0 unspecified atom stereocenters. The van der Waals surface area contributed by atoms with Crippen LogP contribution < -0.4 is 0 Å². The number of hydrogen-bond donors (Lipinski definition) is 0. The van der Waals surface area contributed by atoms with E-state index < -0.39 is 0 Å². The van der Waals surface area contributed by atoms with Crippen molar-refractivity contribution >= 4 is 0 Å².